The summed E-state index contributed by atoms with van der Waals surface area (Å²) in [5, 5.41) is 0. The number of methoxy groups -OCH3 is 1. The fraction of sp³-hybridized carbons (Fsp3) is 0.462. The quantitative estimate of drug-likeness (QED) is 0.714. The zero-order valence-corrected chi connectivity index (χ0v) is 10.4. The first-order valence-electron chi connectivity index (χ1n) is 5.60. The van der Waals surface area contributed by atoms with Gasteiger partial charge < -0.3 is 9.64 Å². The number of anilines is 1. The molecule has 4 heteroatoms. The minimum absolute atomic E-state index is 0.217. The lowest BCUT2D eigenvalue weighted by Gasteiger charge is -2.29. The number of ether oxygens (including phenoxy) is 1. The molecule has 1 rings (SSSR count). The molecule has 0 aliphatic carbocycles. The Morgan fingerprint density at radius 1 is 1.47 bits per heavy atom. The molecule has 1 aromatic rings. The van der Waals surface area contributed by atoms with E-state index in [0.717, 1.165) is 5.69 Å². The second-order valence-corrected chi connectivity index (χ2v) is 4.10. The van der Waals surface area contributed by atoms with Gasteiger partial charge in [-0.05, 0) is 32.0 Å². The van der Waals surface area contributed by atoms with Crippen molar-refractivity contribution in [2.75, 3.05) is 25.2 Å². The Morgan fingerprint density at radius 3 is 2.71 bits per heavy atom. The predicted octanol–water partition coefficient (Wildman–Crippen LogP) is 2.50. The number of nitrogens with zero attached hydrogens (tertiary/aromatic N) is 1. The average molecular weight is 239 g/mol. The normalized spacial score (nSPS) is 10.6. The third-order valence-corrected chi connectivity index (χ3v) is 2.59. The number of rotatable bonds is 6. The molecule has 3 nitrogen and oxygen atoms in total. The van der Waals surface area contributed by atoms with Gasteiger partial charge in [-0.15, -0.1) is 0 Å². The highest BCUT2D eigenvalue weighted by atomic mass is 19.1. The van der Waals surface area contributed by atoms with E-state index in [-0.39, 0.29) is 6.04 Å². The van der Waals surface area contributed by atoms with E-state index >= 15 is 0 Å². The second kappa shape index (κ2) is 6.35. The van der Waals surface area contributed by atoms with Crippen LogP contribution >= 0.6 is 0 Å². The summed E-state index contributed by atoms with van der Waals surface area (Å²) in [4.78, 5) is 13.0. The van der Waals surface area contributed by atoms with Crippen molar-refractivity contribution >= 4 is 12.0 Å². The molecule has 0 N–H and O–H groups in total. The van der Waals surface area contributed by atoms with E-state index in [1.165, 1.54) is 12.1 Å². The zero-order valence-electron chi connectivity index (χ0n) is 10.4. The third-order valence-electron chi connectivity index (χ3n) is 2.59. The molecule has 0 unspecified atom stereocenters. The summed E-state index contributed by atoms with van der Waals surface area (Å²) < 4.78 is 18.1. The van der Waals surface area contributed by atoms with Crippen molar-refractivity contribution in [3.05, 3.63) is 29.6 Å². The average Bonchev–Trinajstić information content (AvgIpc) is 2.30. The summed E-state index contributed by atoms with van der Waals surface area (Å²) in [5.74, 6) is -0.397. The van der Waals surface area contributed by atoms with E-state index in [4.69, 9.17) is 4.74 Å². The van der Waals surface area contributed by atoms with Gasteiger partial charge in [0.25, 0.3) is 0 Å². The van der Waals surface area contributed by atoms with E-state index in [1.54, 1.807) is 13.2 Å². The Balaban J connectivity index is 3.04. The molecule has 0 amide bonds. The van der Waals surface area contributed by atoms with E-state index in [2.05, 4.69) is 0 Å². The van der Waals surface area contributed by atoms with Gasteiger partial charge in [0.2, 0.25) is 0 Å². The van der Waals surface area contributed by atoms with E-state index in [1.807, 2.05) is 18.7 Å². The number of aldehydes is 1. The zero-order chi connectivity index (χ0) is 12.8. The van der Waals surface area contributed by atoms with Crippen LogP contribution in [0, 0.1) is 5.82 Å². The fourth-order valence-electron chi connectivity index (χ4n) is 1.73. The molecule has 17 heavy (non-hydrogen) atoms. The molecule has 0 aliphatic heterocycles. The van der Waals surface area contributed by atoms with Crippen LogP contribution in [0.5, 0.6) is 0 Å². The number of carbonyl (C=O) groups is 1. The van der Waals surface area contributed by atoms with Crippen LogP contribution < -0.4 is 4.90 Å². The Morgan fingerprint density at radius 2 is 2.18 bits per heavy atom. The lowest BCUT2D eigenvalue weighted by Crippen LogP contribution is -2.34. The van der Waals surface area contributed by atoms with Crippen molar-refractivity contribution in [1.29, 1.82) is 0 Å². The van der Waals surface area contributed by atoms with Crippen molar-refractivity contribution in [1.82, 2.24) is 0 Å². The fourth-order valence-corrected chi connectivity index (χ4v) is 1.73. The molecule has 1 aromatic carbocycles. The Kier molecular flexibility index (Phi) is 5.10. The highest BCUT2D eigenvalue weighted by Gasteiger charge is 2.14. The molecule has 0 spiro atoms. The van der Waals surface area contributed by atoms with E-state index < -0.39 is 5.82 Å². The second-order valence-electron chi connectivity index (χ2n) is 4.10. The molecule has 0 heterocycles. The van der Waals surface area contributed by atoms with Crippen LogP contribution in [0.2, 0.25) is 0 Å². The molecule has 0 aromatic heterocycles. The van der Waals surface area contributed by atoms with Gasteiger partial charge in [0.05, 0.1) is 6.61 Å². The van der Waals surface area contributed by atoms with Crippen molar-refractivity contribution < 1.29 is 13.9 Å². The smallest absolute Gasteiger partial charge is 0.152 e. The van der Waals surface area contributed by atoms with Gasteiger partial charge in [-0.1, -0.05) is 0 Å². The van der Waals surface area contributed by atoms with Gasteiger partial charge in [0.1, 0.15) is 5.82 Å². The van der Waals surface area contributed by atoms with Crippen LogP contribution in [-0.4, -0.2) is 32.6 Å². The first kappa shape index (κ1) is 13.6. The third kappa shape index (κ3) is 3.53. The highest BCUT2D eigenvalue weighted by Crippen LogP contribution is 2.22. The summed E-state index contributed by atoms with van der Waals surface area (Å²) >= 11 is 0. The van der Waals surface area contributed by atoms with Gasteiger partial charge in [-0.2, -0.15) is 0 Å². The number of hydrogen-bond donors (Lipinski definition) is 0. The van der Waals surface area contributed by atoms with Gasteiger partial charge in [-0.3, -0.25) is 4.79 Å². The molecular weight excluding hydrogens is 221 g/mol. The maximum absolute atomic E-state index is 13.0. The highest BCUT2D eigenvalue weighted by molar-refractivity contribution is 5.84. The Bertz CT molecular complexity index is 380. The maximum atomic E-state index is 13.0. The molecule has 0 saturated heterocycles. The van der Waals surface area contributed by atoms with Crippen LogP contribution in [0.15, 0.2) is 18.2 Å². The monoisotopic (exact) mass is 239 g/mol. The van der Waals surface area contributed by atoms with Crippen LogP contribution in [0.1, 0.15) is 24.2 Å². The lowest BCUT2D eigenvalue weighted by molar-refractivity contribution is 0.112. The van der Waals surface area contributed by atoms with Gasteiger partial charge >= 0.3 is 0 Å². The van der Waals surface area contributed by atoms with Crippen LogP contribution in [0.4, 0.5) is 10.1 Å². The van der Waals surface area contributed by atoms with E-state index in [9.17, 15) is 9.18 Å². The summed E-state index contributed by atoms with van der Waals surface area (Å²) in [6.07, 6.45) is 0.681. The van der Waals surface area contributed by atoms with Crippen LogP contribution in [-0.2, 0) is 4.74 Å². The van der Waals surface area contributed by atoms with Gasteiger partial charge in [0, 0.05) is 30.9 Å². The topological polar surface area (TPSA) is 29.5 Å². The number of halogens is 1. The van der Waals surface area contributed by atoms with Gasteiger partial charge in [-0.25, -0.2) is 4.39 Å². The van der Waals surface area contributed by atoms with Crippen LogP contribution in [0.25, 0.3) is 0 Å². The Hall–Kier alpha value is -1.42. The first-order chi connectivity index (χ1) is 8.10. The SMILES string of the molecule is COCCN(c1ccc(F)cc1C=O)C(C)C. The summed E-state index contributed by atoms with van der Waals surface area (Å²) in [7, 11) is 1.63. The van der Waals surface area contributed by atoms with Gasteiger partial charge in [0.15, 0.2) is 6.29 Å². The lowest BCUT2D eigenvalue weighted by atomic mass is 10.1. The molecule has 0 bridgehead atoms. The molecule has 0 fully saturated rings. The molecule has 0 atom stereocenters. The molecular formula is C13H18FNO2. The number of benzene rings is 1. The van der Waals surface area contributed by atoms with Crippen molar-refractivity contribution in [2.45, 2.75) is 19.9 Å². The summed E-state index contributed by atoms with van der Waals surface area (Å²) in [6.45, 7) is 5.27. The van der Waals surface area contributed by atoms with Crippen molar-refractivity contribution in [3.63, 3.8) is 0 Å². The predicted molar refractivity (Wildman–Crippen MR) is 66.1 cm³/mol. The minimum Gasteiger partial charge on any atom is -0.383 e. The van der Waals surface area contributed by atoms with Crippen molar-refractivity contribution in [2.24, 2.45) is 0 Å². The molecule has 0 aliphatic rings. The largest absolute Gasteiger partial charge is 0.383 e. The molecule has 0 radical (unpaired) electrons. The minimum atomic E-state index is -0.397. The van der Waals surface area contributed by atoms with Crippen LogP contribution in [0.3, 0.4) is 0 Å². The number of carbonyl (C=O) groups excluding carboxylic acids is 1. The molecule has 0 saturated carbocycles. The first-order valence-corrected chi connectivity index (χ1v) is 5.60. The standard InChI is InChI=1S/C13H18FNO2/c1-10(2)15(6-7-17-3)13-5-4-12(14)8-11(13)9-16/h4-5,8-10H,6-7H2,1-3H3. The summed E-state index contributed by atoms with van der Waals surface area (Å²) in [5.41, 5.74) is 1.11. The van der Waals surface area contributed by atoms with E-state index in [0.29, 0.717) is 25.0 Å². The summed E-state index contributed by atoms with van der Waals surface area (Å²) in [6, 6.07) is 4.47. The molecule has 94 valence electrons. The number of hydrogen-bond acceptors (Lipinski definition) is 3. The maximum Gasteiger partial charge on any atom is 0.152 e. The van der Waals surface area contributed by atoms with Crippen molar-refractivity contribution in [3.8, 4) is 0 Å². The Labute approximate surface area is 101 Å².